The second-order valence-corrected chi connectivity index (χ2v) is 4.40. The van der Waals surface area contributed by atoms with Gasteiger partial charge in [0, 0.05) is 28.2 Å². The van der Waals surface area contributed by atoms with Gasteiger partial charge in [-0.25, -0.2) is 0 Å². The van der Waals surface area contributed by atoms with Crippen LogP contribution in [0.25, 0.3) is 0 Å². The van der Waals surface area contributed by atoms with Crippen LogP contribution in [0.5, 0.6) is 11.5 Å². The van der Waals surface area contributed by atoms with Crippen molar-refractivity contribution in [3.8, 4) is 11.5 Å². The summed E-state index contributed by atoms with van der Waals surface area (Å²) in [5.74, 6) is -1.80. The Morgan fingerprint density at radius 1 is 0.750 bits per heavy atom. The summed E-state index contributed by atoms with van der Waals surface area (Å²) in [5, 5.41) is 35.0. The minimum absolute atomic E-state index is 0. The number of benzene rings is 2. The van der Waals surface area contributed by atoms with E-state index in [1.54, 1.807) is 36.4 Å². The van der Waals surface area contributed by atoms with Crippen molar-refractivity contribution in [2.75, 3.05) is 0 Å². The Morgan fingerprint density at radius 2 is 1.04 bits per heavy atom. The van der Waals surface area contributed by atoms with Crippen LogP contribution >= 0.6 is 0 Å². The van der Waals surface area contributed by atoms with Crippen LogP contribution < -0.4 is 29.6 Å². The van der Waals surface area contributed by atoms with Gasteiger partial charge >= 0.3 is 41.5 Å². The van der Waals surface area contributed by atoms with E-state index in [9.17, 15) is 9.59 Å². The van der Waals surface area contributed by atoms with Gasteiger partial charge in [-0.15, -0.1) is 0 Å². The second kappa shape index (κ2) is 12.9. The predicted octanol–water partition coefficient (Wildman–Crippen LogP) is -0.847. The van der Waals surface area contributed by atoms with Crippen LogP contribution in [0.4, 0.5) is 0 Å². The second-order valence-electron chi connectivity index (χ2n) is 4.40. The largest absolute Gasteiger partial charge is 1.00 e. The molecule has 0 heterocycles. The molecule has 0 amide bonds. The predicted molar refractivity (Wildman–Crippen MR) is 80.0 cm³/mol. The molecule has 2 rings (SSSR count). The van der Waals surface area contributed by atoms with Crippen molar-refractivity contribution >= 4 is 11.9 Å². The molecule has 2 aromatic rings. The zero-order valence-corrected chi connectivity index (χ0v) is 16.1. The van der Waals surface area contributed by atoms with Gasteiger partial charge in [0.15, 0.2) is 0 Å². The van der Waals surface area contributed by atoms with E-state index < -0.39 is 11.9 Å². The third-order valence-corrected chi connectivity index (χ3v) is 2.67. The van der Waals surface area contributed by atoms with Crippen molar-refractivity contribution in [1.82, 2.24) is 0 Å². The maximum Gasteiger partial charge on any atom is 1.00 e. The molecule has 0 atom stereocenters. The van der Waals surface area contributed by atoms with Gasteiger partial charge in [0.2, 0.25) is 0 Å². The van der Waals surface area contributed by atoms with Gasteiger partial charge in [0.25, 0.3) is 0 Å². The number of aliphatic carboxylic acids is 2. The van der Waals surface area contributed by atoms with Gasteiger partial charge in [0.05, 0.1) is 12.8 Å². The summed E-state index contributed by atoms with van der Waals surface area (Å²) in [6.07, 6.45) is -0.265. The van der Waals surface area contributed by atoms with Crippen LogP contribution in [-0.4, -0.2) is 32.4 Å². The molecule has 0 aromatic heterocycles. The van der Waals surface area contributed by atoms with Crippen LogP contribution in [-0.2, 0) is 39.5 Å². The van der Waals surface area contributed by atoms with Gasteiger partial charge in [-0.05, 0) is 12.1 Å². The molecule has 0 saturated heterocycles. The summed E-state index contributed by atoms with van der Waals surface area (Å²) in [7, 11) is 0. The van der Waals surface area contributed by atoms with E-state index in [-0.39, 0.29) is 72.4 Å². The number of rotatable bonds is 4. The number of para-hydroxylation sites is 2. The molecule has 0 aliphatic rings. The zero-order chi connectivity index (χ0) is 16.5. The Bertz CT molecular complexity index is 611. The number of phenols is 2. The summed E-state index contributed by atoms with van der Waals surface area (Å²) in [4.78, 5) is 20.4. The Balaban J connectivity index is -0.000000346. The standard InChI is InChI=1S/2C8H8O3.Fe.Na.H/c2*9-7-4-2-1-3-6(7)5-8(10)11;;;/h2*1-4,9H,5H2,(H,10,11);;;/q;;;+1;-1. The van der Waals surface area contributed by atoms with Gasteiger partial charge in [0.1, 0.15) is 11.5 Å². The first-order chi connectivity index (χ1) is 10.4. The molecule has 126 valence electrons. The summed E-state index contributed by atoms with van der Waals surface area (Å²) in [6.45, 7) is 0. The first-order valence-corrected chi connectivity index (χ1v) is 6.37. The third kappa shape index (κ3) is 9.60. The average Bonchev–Trinajstić information content (AvgIpc) is 2.44. The molecule has 0 unspecified atom stereocenters. The van der Waals surface area contributed by atoms with Crippen LogP contribution in [0.1, 0.15) is 12.6 Å². The summed E-state index contributed by atoms with van der Waals surface area (Å²) in [6, 6.07) is 12.8. The number of aromatic hydroxyl groups is 2. The van der Waals surface area contributed by atoms with Crippen LogP contribution in [0.15, 0.2) is 48.5 Å². The Labute approximate surface area is 173 Å². The quantitative estimate of drug-likeness (QED) is 0.511. The van der Waals surface area contributed by atoms with E-state index in [2.05, 4.69) is 0 Å². The van der Waals surface area contributed by atoms with Crippen molar-refractivity contribution in [2.45, 2.75) is 12.8 Å². The number of hydrogen-bond donors (Lipinski definition) is 4. The molecular formula is C16H17FeNaO6. The molecule has 2 aromatic carbocycles. The van der Waals surface area contributed by atoms with E-state index in [0.29, 0.717) is 11.1 Å². The van der Waals surface area contributed by atoms with Crippen molar-refractivity contribution in [3.63, 3.8) is 0 Å². The molecule has 0 radical (unpaired) electrons. The van der Waals surface area contributed by atoms with Crippen molar-refractivity contribution in [2.24, 2.45) is 0 Å². The molecule has 0 bridgehead atoms. The van der Waals surface area contributed by atoms with E-state index in [0.717, 1.165) is 0 Å². The van der Waals surface area contributed by atoms with Gasteiger partial charge in [-0.2, -0.15) is 0 Å². The minimum Gasteiger partial charge on any atom is -1.00 e. The third-order valence-electron chi connectivity index (χ3n) is 2.67. The zero-order valence-electron chi connectivity index (χ0n) is 14.0. The van der Waals surface area contributed by atoms with Crippen molar-refractivity contribution in [1.29, 1.82) is 0 Å². The first kappa shape index (κ1) is 24.7. The fourth-order valence-corrected chi connectivity index (χ4v) is 1.65. The molecular weight excluding hydrogens is 367 g/mol. The van der Waals surface area contributed by atoms with E-state index >= 15 is 0 Å². The molecule has 0 spiro atoms. The maximum absolute atomic E-state index is 10.2. The monoisotopic (exact) mass is 384 g/mol. The molecule has 8 heteroatoms. The van der Waals surface area contributed by atoms with Crippen molar-refractivity contribution < 1.29 is 78.1 Å². The molecule has 0 aliphatic heterocycles. The maximum atomic E-state index is 10.2. The molecule has 6 nitrogen and oxygen atoms in total. The van der Waals surface area contributed by atoms with Crippen molar-refractivity contribution in [3.05, 3.63) is 59.7 Å². The van der Waals surface area contributed by atoms with E-state index in [1.807, 2.05) is 0 Å². The molecule has 24 heavy (non-hydrogen) atoms. The number of carbonyl (C=O) groups is 2. The van der Waals surface area contributed by atoms with E-state index in [1.165, 1.54) is 12.1 Å². The van der Waals surface area contributed by atoms with Crippen LogP contribution in [0.3, 0.4) is 0 Å². The molecule has 4 N–H and O–H groups in total. The Hall–Kier alpha value is -1.50. The molecule has 0 saturated carbocycles. The van der Waals surface area contributed by atoms with Gasteiger partial charge < -0.3 is 21.9 Å². The SMILES string of the molecule is O=C(O)Cc1ccccc1O.O=C(O)Cc1ccccc1O.[Fe].[H-].[Na+]. The topological polar surface area (TPSA) is 115 Å². The fourth-order valence-electron chi connectivity index (χ4n) is 1.65. The average molecular weight is 384 g/mol. The van der Waals surface area contributed by atoms with Crippen LogP contribution in [0.2, 0.25) is 0 Å². The summed E-state index contributed by atoms with van der Waals surface area (Å²) >= 11 is 0. The van der Waals surface area contributed by atoms with Crippen LogP contribution in [0, 0.1) is 0 Å². The summed E-state index contributed by atoms with van der Waals surface area (Å²) < 4.78 is 0. The normalized spacial score (nSPS) is 8.67. The number of phenolic OH excluding ortho intramolecular Hbond substituents is 2. The smallest absolute Gasteiger partial charge is 1.00 e. The fraction of sp³-hybridized carbons (Fsp3) is 0.125. The number of hydrogen-bond acceptors (Lipinski definition) is 4. The van der Waals surface area contributed by atoms with Gasteiger partial charge in [-0.3, -0.25) is 9.59 Å². The Morgan fingerprint density at radius 3 is 1.29 bits per heavy atom. The summed E-state index contributed by atoms with van der Waals surface area (Å²) in [5.41, 5.74) is 0.889. The number of carboxylic acid groups (broad SMARTS) is 2. The minimum atomic E-state index is -0.938. The van der Waals surface area contributed by atoms with E-state index in [4.69, 9.17) is 20.4 Å². The number of carboxylic acids is 2. The van der Waals surface area contributed by atoms with Gasteiger partial charge in [-0.1, -0.05) is 36.4 Å². The molecule has 0 fully saturated rings. The Kier molecular flexibility index (Phi) is 13.3. The molecule has 0 aliphatic carbocycles. The first-order valence-electron chi connectivity index (χ1n) is 6.37.